The Bertz CT molecular complexity index is 610. The van der Waals surface area contributed by atoms with Crippen LogP contribution in [0.5, 0.6) is 0 Å². The lowest BCUT2D eigenvalue weighted by Gasteiger charge is -2.24. The molecule has 5 nitrogen and oxygen atoms in total. The Labute approximate surface area is 124 Å². The topological polar surface area (TPSA) is 92.4 Å². The minimum atomic E-state index is -0.719. The molecule has 0 spiro atoms. The van der Waals surface area contributed by atoms with Gasteiger partial charge in [0.15, 0.2) is 0 Å². The maximum absolute atomic E-state index is 12.3. The van der Waals surface area contributed by atoms with Gasteiger partial charge < -0.3 is 16.2 Å². The van der Waals surface area contributed by atoms with E-state index in [9.17, 15) is 9.59 Å². The monoisotopic (exact) mass is 288 g/mol. The van der Waals surface area contributed by atoms with Crippen molar-refractivity contribution >= 4 is 11.8 Å². The first-order valence-electron chi connectivity index (χ1n) is 6.56. The van der Waals surface area contributed by atoms with Crippen LogP contribution in [0, 0.1) is 18.8 Å². The molecule has 0 unspecified atom stereocenters. The molecular formula is C16H20N2O3. The number of carbonyl (C=O) groups excluding carboxylic acids is 2. The summed E-state index contributed by atoms with van der Waals surface area (Å²) in [5.74, 6) is 4.55. The largest absolute Gasteiger partial charge is 0.384 e. The van der Waals surface area contributed by atoms with Gasteiger partial charge in [0.25, 0.3) is 5.91 Å². The van der Waals surface area contributed by atoms with E-state index >= 15 is 0 Å². The second-order valence-corrected chi connectivity index (χ2v) is 5.53. The fraction of sp³-hybridized carbons (Fsp3) is 0.375. The fourth-order valence-corrected chi connectivity index (χ4v) is 1.99. The lowest BCUT2D eigenvalue weighted by molar-refractivity contribution is -0.119. The molecule has 0 saturated carbocycles. The molecule has 0 fully saturated rings. The number of aliphatic hydroxyl groups excluding tert-OH is 1. The highest BCUT2D eigenvalue weighted by Gasteiger charge is 2.23. The molecule has 0 aliphatic heterocycles. The zero-order valence-electron chi connectivity index (χ0n) is 12.5. The van der Waals surface area contributed by atoms with Crippen LogP contribution in [0.4, 0.5) is 0 Å². The molecule has 0 bridgehead atoms. The molecule has 0 heterocycles. The van der Waals surface area contributed by atoms with E-state index in [1.165, 1.54) is 0 Å². The van der Waals surface area contributed by atoms with Crippen LogP contribution in [-0.4, -0.2) is 29.1 Å². The molecular weight excluding hydrogens is 268 g/mol. The van der Waals surface area contributed by atoms with E-state index in [2.05, 4.69) is 17.2 Å². The lowest BCUT2D eigenvalue weighted by atomic mass is 9.99. The zero-order valence-corrected chi connectivity index (χ0v) is 12.5. The Morgan fingerprint density at radius 3 is 2.57 bits per heavy atom. The Kier molecular flexibility index (Phi) is 5.51. The van der Waals surface area contributed by atoms with Gasteiger partial charge in [-0.25, -0.2) is 0 Å². The van der Waals surface area contributed by atoms with E-state index in [-0.39, 0.29) is 18.9 Å². The maximum atomic E-state index is 12.3. The lowest BCUT2D eigenvalue weighted by Crippen LogP contribution is -2.46. The summed E-state index contributed by atoms with van der Waals surface area (Å²) < 4.78 is 0. The van der Waals surface area contributed by atoms with Gasteiger partial charge in [0, 0.05) is 23.1 Å². The van der Waals surface area contributed by atoms with E-state index in [0.29, 0.717) is 11.1 Å². The van der Waals surface area contributed by atoms with Crippen LogP contribution in [0.25, 0.3) is 0 Å². The smallest absolute Gasteiger partial charge is 0.251 e. The SMILES string of the molecule is Cc1cc(C#CCO)cc(C(=O)NC(C)(C)CC(N)=O)c1. The Hall–Kier alpha value is -2.32. The van der Waals surface area contributed by atoms with Crippen LogP contribution in [0.2, 0.25) is 0 Å². The maximum Gasteiger partial charge on any atom is 0.251 e. The first-order chi connectivity index (χ1) is 9.73. The third-order valence-corrected chi connectivity index (χ3v) is 2.72. The zero-order chi connectivity index (χ0) is 16.0. The second-order valence-electron chi connectivity index (χ2n) is 5.53. The Balaban J connectivity index is 2.97. The van der Waals surface area contributed by atoms with Crippen molar-refractivity contribution in [2.24, 2.45) is 5.73 Å². The number of hydrogen-bond donors (Lipinski definition) is 3. The molecule has 112 valence electrons. The third kappa shape index (κ3) is 5.67. The summed E-state index contributed by atoms with van der Waals surface area (Å²) in [5.41, 5.74) is 6.44. The van der Waals surface area contributed by atoms with Crippen LogP contribution in [-0.2, 0) is 4.79 Å². The van der Waals surface area contributed by atoms with Gasteiger partial charge in [-0.1, -0.05) is 11.8 Å². The molecule has 0 aromatic heterocycles. The molecule has 0 radical (unpaired) electrons. The van der Waals surface area contributed by atoms with Crippen LogP contribution in [0.3, 0.4) is 0 Å². The van der Waals surface area contributed by atoms with Crippen molar-refractivity contribution in [2.45, 2.75) is 32.7 Å². The number of aryl methyl sites for hydroxylation is 1. The van der Waals surface area contributed by atoms with Gasteiger partial charge in [-0.3, -0.25) is 9.59 Å². The highest BCUT2D eigenvalue weighted by molar-refractivity contribution is 5.95. The Morgan fingerprint density at radius 1 is 1.33 bits per heavy atom. The number of benzene rings is 1. The number of hydrogen-bond acceptors (Lipinski definition) is 3. The van der Waals surface area contributed by atoms with Crippen molar-refractivity contribution in [2.75, 3.05) is 6.61 Å². The predicted molar refractivity (Wildman–Crippen MR) is 80.5 cm³/mol. The van der Waals surface area contributed by atoms with E-state index in [1.807, 2.05) is 13.0 Å². The number of primary amides is 1. The number of nitrogens with two attached hydrogens (primary N) is 1. The summed E-state index contributed by atoms with van der Waals surface area (Å²) in [6, 6.07) is 5.21. The molecule has 0 atom stereocenters. The molecule has 1 rings (SSSR count). The normalized spacial score (nSPS) is 10.5. The molecule has 2 amide bonds. The van der Waals surface area contributed by atoms with Crippen molar-refractivity contribution in [3.05, 3.63) is 34.9 Å². The van der Waals surface area contributed by atoms with Crippen LogP contribution in [0.1, 0.15) is 41.8 Å². The molecule has 21 heavy (non-hydrogen) atoms. The van der Waals surface area contributed by atoms with Crippen LogP contribution >= 0.6 is 0 Å². The standard InChI is InChI=1S/C16H20N2O3/c1-11-7-12(5-4-6-19)9-13(8-11)15(21)18-16(2,3)10-14(17)20/h7-9,19H,6,10H2,1-3H3,(H2,17,20)(H,18,21). The van der Waals surface area contributed by atoms with Gasteiger partial charge in [0.05, 0.1) is 0 Å². The summed E-state index contributed by atoms with van der Waals surface area (Å²) in [5, 5.41) is 11.5. The minimum Gasteiger partial charge on any atom is -0.384 e. The average Bonchev–Trinajstić information content (AvgIpc) is 2.33. The van der Waals surface area contributed by atoms with Crippen molar-refractivity contribution in [1.82, 2.24) is 5.32 Å². The van der Waals surface area contributed by atoms with Crippen LogP contribution in [0.15, 0.2) is 18.2 Å². The van der Waals surface area contributed by atoms with Gasteiger partial charge in [-0.2, -0.15) is 0 Å². The number of carbonyl (C=O) groups is 2. The quantitative estimate of drug-likeness (QED) is 0.713. The molecule has 5 heteroatoms. The molecule has 0 saturated heterocycles. The minimum absolute atomic E-state index is 0.0573. The average molecular weight is 288 g/mol. The summed E-state index contributed by atoms with van der Waals surface area (Å²) in [4.78, 5) is 23.2. The van der Waals surface area contributed by atoms with Gasteiger partial charge in [-0.05, 0) is 44.5 Å². The fourth-order valence-electron chi connectivity index (χ4n) is 1.99. The second kappa shape index (κ2) is 6.91. The highest BCUT2D eigenvalue weighted by Crippen LogP contribution is 2.13. The third-order valence-electron chi connectivity index (χ3n) is 2.72. The van der Waals surface area contributed by atoms with Gasteiger partial charge in [0.1, 0.15) is 6.61 Å². The number of rotatable bonds is 4. The number of nitrogens with one attached hydrogen (secondary N) is 1. The van der Waals surface area contributed by atoms with Crippen molar-refractivity contribution in [1.29, 1.82) is 0 Å². The van der Waals surface area contributed by atoms with Crippen molar-refractivity contribution < 1.29 is 14.7 Å². The van der Waals surface area contributed by atoms with Crippen LogP contribution < -0.4 is 11.1 Å². The van der Waals surface area contributed by atoms with E-state index in [4.69, 9.17) is 10.8 Å². The first kappa shape index (κ1) is 16.7. The summed E-state index contributed by atoms with van der Waals surface area (Å²) >= 11 is 0. The predicted octanol–water partition coefficient (Wildman–Crippen LogP) is 0.723. The summed E-state index contributed by atoms with van der Waals surface area (Å²) in [6.07, 6.45) is 0.0573. The van der Waals surface area contributed by atoms with E-state index in [0.717, 1.165) is 5.56 Å². The number of aliphatic hydroxyl groups is 1. The highest BCUT2D eigenvalue weighted by atomic mass is 16.2. The van der Waals surface area contributed by atoms with Gasteiger partial charge in [0.2, 0.25) is 5.91 Å². The molecule has 4 N–H and O–H groups in total. The van der Waals surface area contributed by atoms with E-state index in [1.54, 1.807) is 26.0 Å². The molecule has 1 aromatic carbocycles. The molecule has 0 aliphatic carbocycles. The first-order valence-corrected chi connectivity index (χ1v) is 6.56. The Morgan fingerprint density at radius 2 is 2.00 bits per heavy atom. The van der Waals surface area contributed by atoms with Gasteiger partial charge >= 0.3 is 0 Å². The van der Waals surface area contributed by atoms with Crippen molar-refractivity contribution in [3.8, 4) is 11.8 Å². The summed E-state index contributed by atoms with van der Waals surface area (Å²) in [7, 11) is 0. The molecule has 1 aromatic rings. The van der Waals surface area contributed by atoms with E-state index < -0.39 is 11.4 Å². The van der Waals surface area contributed by atoms with Crippen molar-refractivity contribution in [3.63, 3.8) is 0 Å². The van der Waals surface area contributed by atoms with Gasteiger partial charge in [-0.15, -0.1) is 0 Å². The molecule has 0 aliphatic rings. The summed E-state index contributed by atoms with van der Waals surface area (Å²) in [6.45, 7) is 5.09. The number of amides is 2.